The number of ether oxygens (including phenoxy) is 2. The monoisotopic (exact) mass is 309 g/mol. The van der Waals surface area contributed by atoms with E-state index in [-0.39, 0.29) is 12.4 Å². The Kier molecular flexibility index (Phi) is 5.00. The first kappa shape index (κ1) is 15.1. The zero-order valence-electron chi connectivity index (χ0n) is 11.2. The Morgan fingerprint density at radius 1 is 1.24 bits per heavy atom. The second-order valence-electron chi connectivity index (χ2n) is 4.14. The van der Waals surface area contributed by atoms with Gasteiger partial charge in [0.05, 0.1) is 17.8 Å². The van der Waals surface area contributed by atoms with Crippen LogP contribution < -0.4 is 14.8 Å². The lowest BCUT2D eigenvalue weighted by Gasteiger charge is -2.09. The van der Waals surface area contributed by atoms with Crippen molar-refractivity contribution in [3.05, 3.63) is 53.3 Å². The van der Waals surface area contributed by atoms with Gasteiger partial charge in [-0.15, -0.1) is 0 Å². The zero-order chi connectivity index (χ0) is 15.2. The highest BCUT2D eigenvalue weighted by Gasteiger charge is 2.08. The second-order valence-corrected chi connectivity index (χ2v) is 4.55. The molecule has 110 valence electrons. The van der Waals surface area contributed by atoms with Crippen LogP contribution in [0.2, 0.25) is 5.02 Å². The summed E-state index contributed by atoms with van der Waals surface area (Å²) in [4.78, 5) is 11.8. The summed E-state index contributed by atoms with van der Waals surface area (Å²) in [6, 6.07) is 10.5. The summed E-state index contributed by atoms with van der Waals surface area (Å²) in [6.07, 6.45) is 0. The molecule has 4 nitrogen and oxygen atoms in total. The van der Waals surface area contributed by atoms with Crippen molar-refractivity contribution in [3.8, 4) is 11.5 Å². The van der Waals surface area contributed by atoms with Crippen molar-refractivity contribution in [1.82, 2.24) is 0 Å². The van der Waals surface area contributed by atoms with Gasteiger partial charge >= 0.3 is 0 Å². The number of hydrogen-bond acceptors (Lipinski definition) is 3. The van der Waals surface area contributed by atoms with Gasteiger partial charge in [0.25, 0.3) is 5.91 Å². The number of anilines is 1. The van der Waals surface area contributed by atoms with E-state index in [4.69, 9.17) is 21.1 Å². The normalized spacial score (nSPS) is 10.0. The molecule has 0 fully saturated rings. The second kappa shape index (κ2) is 6.95. The van der Waals surface area contributed by atoms with Crippen LogP contribution >= 0.6 is 11.6 Å². The molecule has 0 heterocycles. The largest absolute Gasteiger partial charge is 0.497 e. The summed E-state index contributed by atoms with van der Waals surface area (Å²) in [5, 5.41) is 2.96. The van der Waals surface area contributed by atoms with E-state index in [9.17, 15) is 9.18 Å². The molecule has 2 aromatic carbocycles. The molecule has 0 unspecified atom stereocenters. The number of carbonyl (C=O) groups excluding carboxylic acids is 1. The van der Waals surface area contributed by atoms with Gasteiger partial charge in [-0.25, -0.2) is 4.39 Å². The number of halogens is 2. The third-order valence-corrected chi connectivity index (χ3v) is 2.93. The minimum atomic E-state index is -0.425. The molecule has 0 spiro atoms. The van der Waals surface area contributed by atoms with Gasteiger partial charge in [0.15, 0.2) is 6.61 Å². The summed E-state index contributed by atoms with van der Waals surface area (Å²) < 4.78 is 23.2. The third-order valence-electron chi connectivity index (χ3n) is 2.62. The molecule has 0 saturated heterocycles. The van der Waals surface area contributed by atoms with Crippen LogP contribution in [0.5, 0.6) is 11.5 Å². The Balaban J connectivity index is 1.93. The topological polar surface area (TPSA) is 47.6 Å². The number of amides is 1. The maximum atomic E-state index is 13.0. The quantitative estimate of drug-likeness (QED) is 0.919. The molecule has 6 heteroatoms. The first-order valence-electron chi connectivity index (χ1n) is 6.10. The summed E-state index contributed by atoms with van der Waals surface area (Å²) in [5.74, 6) is 0.0532. The Hall–Kier alpha value is -2.27. The Bertz CT molecular complexity index is 649. The number of benzene rings is 2. The molecular formula is C15H13ClFNO3. The number of rotatable bonds is 5. The molecule has 2 aromatic rings. The molecule has 21 heavy (non-hydrogen) atoms. The lowest BCUT2D eigenvalue weighted by atomic mass is 10.3. The maximum Gasteiger partial charge on any atom is 0.262 e. The summed E-state index contributed by atoms with van der Waals surface area (Å²) in [7, 11) is 1.52. The van der Waals surface area contributed by atoms with Crippen LogP contribution in [0.25, 0.3) is 0 Å². The van der Waals surface area contributed by atoms with E-state index in [0.717, 1.165) is 0 Å². The van der Waals surface area contributed by atoms with Crippen molar-refractivity contribution in [1.29, 1.82) is 0 Å². The van der Waals surface area contributed by atoms with Crippen molar-refractivity contribution in [2.75, 3.05) is 19.0 Å². The fraction of sp³-hybridized carbons (Fsp3) is 0.133. The van der Waals surface area contributed by atoms with Gasteiger partial charge in [-0.2, -0.15) is 0 Å². The van der Waals surface area contributed by atoms with E-state index in [0.29, 0.717) is 16.5 Å². The lowest BCUT2D eigenvalue weighted by molar-refractivity contribution is -0.118. The van der Waals surface area contributed by atoms with Gasteiger partial charge in [0.1, 0.15) is 17.3 Å². The first-order valence-corrected chi connectivity index (χ1v) is 6.48. The molecule has 0 atom stereocenters. The smallest absolute Gasteiger partial charge is 0.262 e. The highest BCUT2D eigenvalue weighted by molar-refractivity contribution is 6.33. The fourth-order valence-corrected chi connectivity index (χ4v) is 1.83. The number of carbonyl (C=O) groups is 1. The van der Waals surface area contributed by atoms with Crippen LogP contribution in [0.1, 0.15) is 0 Å². The van der Waals surface area contributed by atoms with Crippen molar-refractivity contribution in [3.63, 3.8) is 0 Å². The highest BCUT2D eigenvalue weighted by atomic mass is 35.5. The van der Waals surface area contributed by atoms with Gasteiger partial charge in [0.2, 0.25) is 0 Å². The van der Waals surface area contributed by atoms with Crippen LogP contribution in [-0.2, 0) is 4.79 Å². The van der Waals surface area contributed by atoms with Gasteiger partial charge < -0.3 is 14.8 Å². The molecule has 0 aliphatic heterocycles. The highest BCUT2D eigenvalue weighted by Crippen LogP contribution is 2.26. The van der Waals surface area contributed by atoms with Gasteiger partial charge in [-0.3, -0.25) is 4.79 Å². The van der Waals surface area contributed by atoms with E-state index in [1.54, 1.807) is 24.3 Å². The summed E-state index contributed by atoms with van der Waals surface area (Å²) in [6.45, 7) is -0.244. The zero-order valence-corrected chi connectivity index (χ0v) is 12.0. The minimum Gasteiger partial charge on any atom is -0.497 e. The molecular weight excluding hydrogens is 297 g/mol. The van der Waals surface area contributed by atoms with Crippen molar-refractivity contribution >= 4 is 23.2 Å². The maximum absolute atomic E-state index is 13.0. The molecule has 0 radical (unpaired) electrons. The van der Waals surface area contributed by atoms with Gasteiger partial charge in [0, 0.05) is 12.1 Å². The Labute approximate surface area is 126 Å². The molecule has 1 amide bonds. The average molecular weight is 310 g/mol. The van der Waals surface area contributed by atoms with Gasteiger partial charge in [-0.1, -0.05) is 17.7 Å². The van der Waals surface area contributed by atoms with Crippen LogP contribution in [0.3, 0.4) is 0 Å². The van der Waals surface area contributed by atoms with E-state index in [2.05, 4.69) is 5.32 Å². The molecule has 0 aromatic heterocycles. The SMILES string of the molecule is COc1ccc(NC(=O)COc2cccc(F)c2)c(Cl)c1. The lowest BCUT2D eigenvalue weighted by Crippen LogP contribution is -2.20. The summed E-state index contributed by atoms with van der Waals surface area (Å²) >= 11 is 6.01. The number of methoxy groups -OCH3 is 1. The van der Waals surface area contributed by atoms with E-state index in [1.165, 1.54) is 25.3 Å². The molecule has 1 N–H and O–H groups in total. The molecule has 2 rings (SSSR count). The van der Waals surface area contributed by atoms with Crippen molar-refractivity contribution in [2.24, 2.45) is 0 Å². The molecule has 0 aliphatic carbocycles. The minimum absolute atomic E-state index is 0.244. The predicted octanol–water partition coefficient (Wildman–Crippen LogP) is 3.51. The van der Waals surface area contributed by atoms with Crippen LogP contribution in [-0.4, -0.2) is 19.6 Å². The number of hydrogen-bond donors (Lipinski definition) is 1. The van der Waals surface area contributed by atoms with Crippen LogP contribution in [0, 0.1) is 5.82 Å². The first-order chi connectivity index (χ1) is 10.1. The average Bonchev–Trinajstić information content (AvgIpc) is 2.47. The summed E-state index contributed by atoms with van der Waals surface area (Å²) in [5.41, 5.74) is 0.449. The van der Waals surface area contributed by atoms with Crippen molar-refractivity contribution in [2.45, 2.75) is 0 Å². The molecule has 0 bridgehead atoms. The third kappa shape index (κ3) is 4.36. The molecule has 0 aliphatic rings. The number of nitrogens with one attached hydrogen (secondary N) is 1. The Morgan fingerprint density at radius 2 is 2.05 bits per heavy atom. The fourth-order valence-electron chi connectivity index (χ4n) is 1.62. The van der Waals surface area contributed by atoms with E-state index >= 15 is 0 Å². The standard InChI is InChI=1S/C15H13ClFNO3/c1-20-11-5-6-14(13(16)8-11)18-15(19)9-21-12-4-2-3-10(17)7-12/h2-8H,9H2,1H3,(H,18,19). The van der Waals surface area contributed by atoms with Crippen LogP contribution in [0.4, 0.5) is 10.1 Å². The van der Waals surface area contributed by atoms with Gasteiger partial charge in [-0.05, 0) is 24.3 Å². The van der Waals surface area contributed by atoms with Crippen LogP contribution in [0.15, 0.2) is 42.5 Å². The van der Waals surface area contributed by atoms with E-state index < -0.39 is 11.7 Å². The van der Waals surface area contributed by atoms with E-state index in [1.807, 2.05) is 0 Å². The Morgan fingerprint density at radius 3 is 2.71 bits per heavy atom. The van der Waals surface area contributed by atoms with Crippen molar-refractivity contribution < 1.29 is 18.7 Å². The predicted molar refractivity (Wildman–Crippen MR) is 78.5 cm³/mol. The molecule has 0 saturated carbocycles.